The Bertz CT molecular complexity index is 522. The van der Waals surface area contributed by atoms with Crippen LogP contribution in [-0.2, 0) is 6.54 Å². The van der Waals surface area contributed by atoms with Crippen LogP contribution < -0.4 is 5.73 Å². The van der Waals surface area contributed by atoms with Crippen LogP contribution in [0.2, 0.25) is 0 Å². The maximum atomic E-state index is 13.8. The highest BCUT2D eigenvalue weighted by molar-refractivity contribution is 5.58. The smallest absolute Gasteiger partial charge is 0.240 e. The van der Waals surface area contributed by atoms with Crippen molar-refractivity contribution in [3.63, 3.8) is 0 Å². The summed E-state index contributed by atoms with van der Waals surface area (Å²) in [6.45, 7) is 3.75. The molecule has 0 atom stereocenters. The summed E-state index contributed by atoms with van der Waals surface area (Å²) in [5.74, 6) is 0.216. The Hall–Kier alpha value is -1.75. The normalized spacial score (nSPS) is 10.8. The molecule has 0 saturated carbocycles. The third-order valence-electron chi connectivity index (χ3n) is 2.28. The molecule has 0 unspecified atom stereocenters. The Balaban J connectivity index is 2.54. The quantitative estimate of drug-likeness (QED) is 0.841. The van der Waals surface area contributed by atoms with E-state index in [2.05, 4.69) is 10.1 Å². The molecule has 2 aromatic rings. The second-order valence-electron chi connectivity index (χ2n) is 3.66. The zero-order valence-electron chi connectivity index (χ0n) is 9.12. The van der Waals surface area contributed by atoms with Crippen molar-refractivity contribution in [2.75, 3.05) is 0 Å². The zero-order chi connectivity index (χ0) is 11.7. The van der Waals surface area contributed by atoms with Crippen molar-refractivity contribution < 1.29 is 8.91 Å². The van der Waals surface area contributed by atoms with Gasteiger partial charge in [-0.05, 0) is 31.0 Å². The van der Waals surface area contributed by atoms with Crippen molar-refractivity contribution in [2.45, 2.75) is 20.4 Å². The maximum absolute atomic E-state index is 13.8. The summed E-state index contributed by atoms with van der Waals surface area (Å²) in [6.07, 6.45) is 0. The van der Waals surface area contributed by atoms with Gasteiger partial charge in [-0.15, -0.1) is 0 Å². The number of benzene rings is 1. The van der Waals surface area contributed by atoms with Crippen LogP contribution in [0.25, 0.3) is 11.4 Å². The summed E-state index contributed by atoms with van der Waals surface area (Å²) in [6, 6.07) is 3.45. The first kappa shape index (κ1) is 10.8. The highest BCUT2D eigenvalue weighted by atomic mass is 19.1. The largest absolute Gasteiger partial charge is 0.338 e. The first-order valence-corrected chi connectivity index (χ1v) is 4.91. The molecule has 84 valence electrons. The van der Waals surface area contributed by atoms with Crippen molar-refractivity contribution in [1.29, 1.82) is 0 Å². The second kappa shape index (κ2) is 4.02. The van der Waals surface area contributed by atoms with Crippen molar-refractivity contribution in [3.05, 3.63) is 35.0 Å². The molecule has 1 aromatic heterocycles. The number of halogens is 1. The van der Waals surface area contributed by atoms with E-state index in [0.717, 1.165) is 5.56 Å². The molecule has 2 N–H and O–H groups in total. The third-order valence-corrected chi connectivity index (χ3v) is 2.28. The summed E-state index contributed by atoms with van der Waals surface area (Å²) in [5.41, 5.74) is 7.21. The van der Waals surface area contributed by atoms with Gasteiger partial charge in [0.05, 0.1) is 12.1 Å². The molecule has 4 nitrogen and oxygen atoms in total. The van der Waals surface area contributed by atoms with Gasteiger partial charge in [0.1, 0.15) is 5.82 Å². The average Bonchev–Trinajstić information content (AvgIpc) is 2.71. The van der Waals surface area contributed by atoms with Gasteiger partial charge in [0.15, 0.2) is 0 Å². The molecule has 0 spiro atoms. The van der Waals surface area contributed by atoms with Crippen LogP contribution >= 0.6 is 0 Å². The highest BCUT2D eigenvalue weighted by Crippen LogP contribution is 2.23. The van der Waals surface area contributed by atoms with E-state index in [0.29, 0.717) is 17.0 Å². The Labute approximate surface area is 92.3 Å². The standard InChI is InChI=1S/C11H12FN3O/c1-6-3-7(2)10(12)8(4-6)11-14-9(5-13)16-15-11/h3-4H,5,13H2,1-2H3. The fourth-order valence-corrected chi connectivity index (χ4v) is 1.56. The molecule has 0 bridgehead atoms. The van der Waals surface area contributed by atoms with Crippen LogP contribution in [0.5, 0.6) is 0 Å². The number of aromatic nitrogens is 2. The van der Waals surface area contributed by atoms with Crippen LogP contribution in [-0.4, -0.2) is 10.1 Å². The lowest BCUT2D eigenvalue weighted by molar-refractivity contribution is 0.380. The lowest BCUT2D eigenvalue weighted by atomic mass is 10.1. The summed E-state index contributed by atoms with van der Waals surface area (Å²) < 4.78 is 18.7. The molecule has 1 heterocycles. The predicted octanol–water partition coefficient (Wildman–Crippen LogP) is 1.95. The Kier molecular flexibility index (Phi) is 2.70. The number of nitrogens with two attached hydrogens (primary N) is 1. The van der Waals surface area contributed by atoms with Crippen LogP contribution in [0.3, 0.4) is 0 Å². The molecule has 1 aromatic carbocycles. The van der Waals surface area contributed by atoms with E-state index in [-0.39, 0.29) is 18.2 Å². The molecule has 0 aliphatic rings. The minimum Gasteiger partial charge on any atom is -0.338 e. The molecule has 5 heteroatoms. The number of nitrogens with zero attached hydrogens (tertiary/aromatic N) is 2. The average molecular weight is 221 g/mol. The molecule has 0 aliphatic carbocycles. The first-order valence-electron chi connectivity index (χ1n) is 4.91. The topological polar surface area (TPSA) is 64.9 Å². The number of aryl methyl sites for hydroxylation is 2. The van der Waals surface area contributed by atoms with E-state index in [1.54, 1.807) is 19.1 Å². The lowest BCUT2D eigenvalue weighted by Crippen LogP contribution is -1.96. The molecule has 0 amide bonds. The van der Waals surface area contributed by atoms with Crippen LogP contribution in [0.15, 0.2) is 16.7 Å². The van der Waals surface area contributed by atoms with Crippen molar-refractivity contribution in [1.82, 2.24) is 10.1 Å². The van der Waals surface area contributed by atoms with E-state index >= 15 is 0 Å². The number of rotatable bonds is 2. The Morgan fingerprint density at radius 3 is 2.75 bits per heavy atom. The van der Waals surface area contributed by atoms with Crippen LogP contribution in [0.1, 0.15) is 17.0 Å². The van der Waals surface area contributed by atoms with E-state index in [9.17, 15) is 4.39 Å². The molecule has 2 rings (SSSR count). The summed E-state index contributed by atoms with van der Waals surface area (Å²) in [5, 5.41) is 3.69. The van der Waals surface area contributed by atoms with Gasteiger partial charge < -0.3 is 10.3 Å². The van der Waals surface area contributed by atoms with E-state index in [1.807, 2.05) is 6.92 Å². The van der Waals surface area contributed by atoms with Gasteiger partial charge in [0.25, 0.3) is 0 Å². The predicted molar refractivity (Wildman–Crippen MR) is 57.1 cm³/mol. The Morgan fingerprint density at radius 1 is 1.38 bits per heavy atom. The summed E-state index contributed by atoms with van der Waals surface area (Å²) in [4.78, 5) is 4.00. The SMILES string of the molecule is Cc1cc(C)c(F)c(-c2noc(CN)n2)c1. The van der Waals surface area contributed by atoms with E-state index < -0.39 is 0 Å². The van der Waals surface area contributed by atoms with Crippen LogP contribution in [0.4, 0.5) is 4.39 Å². The number of hydrogen-bond acceptors (Lipinski definition) is 4. The molecule has 0 radical (unpaired) electrons. The summed E-state index contributed by atoms with van der Waals surface area (Å²) >= 11 is 0. The molecule has 16 heavy (non-hydrogen) atoms. The van der Waals surface area contributed by atoms with Gasteiger partial charge in [-0.3, -0.25) is 0 Å². The highest BCUT2D eigenvalue weighted by Gasteiger charge is 2.14. The minimum absolute atomic E-state index is 0.152. The molecule has 0 fully saturated rings. The van der Waals surface area contributed by atoms with E-state index in [1.165, 1.54) is 0 Å². The maximum Gasteiger partial charge on any atom is 0.240 e. The lowest BCUT2D eigenvalue weighted by Gasteiger charge is -2.03. The molecule has 0 aliphatic heterocycles. The van der Waals surface area contributed by atoms with Gasteiger partial charge in [-0.1, -0.05) is 11.2 Å². The monoisotopic (exact) mass is 221 g/mol. The fraction of sp³-hybridized carbons (Fsp3) is 0.273. The van der Waals surface area contributed by atoms with Gasteiger partial charge in [-0.25, -0.2) is 4.39 Å². The molecule has 0 saturated heterocycles. The van der Waals surface area contributed by atoms with Crippen molar-refractivity contribution in [2.24, 2.45) is 5.73 Å². The van der Waals surface area contributed by atoms with Gasteiger partial charge >= 0.3 is 0 Å². The van der Waals surface area contributed by atoms with Gasteiger partial charge in [0.2, 0.25) is 11.7 Å². The minimum atomic E-state index is -0.324. The molecular formula is C11H12FN3O. The molecular weight excluding hydrogens is 209 g/mol. The first-order chi connectivity index (χ1) is 7.61. The number of hydrogen-bond donors (Lipinski definition) is 1. The van der Waals surface area contributed by atoms with Crippen molar-refractivity contribution in [3.8, 4) is 11.4 Å². The van der Waals surface area contributed by atoms with E-state index in [4.69, 9.17) is 10.3 Å². The van der Waals surface area contributed by atoms with Gasteiger partial charge in [-0.2, -0.15) is 4.98 Å². The summed E-state index contributed by atoms with van der Waals surface area (Å²) in [7, 11) is 0. The van der Waals surface area contributed by atoms with Gasteiger partial charge in [0, 0.05) is 0 Å². The fourth-order valence-electron chi connectivity index (χ4n) is 1.56. The third kappa shape index (κ3) is 1.81. The zero-order valence-corrected chi connectivity index (χ0v) is 9.12. The second-order valence-corrected chi connectivity index (χ2v) is 3.66. The van der Waals surface area contributed by atoms with Crippen LogP contribution in [0, 0.1) is 19.7 Å². The van der Waals surface area contributed by atoms with Crippen molar-refractivity contribution >= 4 is 0 Å². The Morgan fingerprint density at radius 2 is 2.12 bits per heavy atom.